The first-order chi connectivity index (χ1) is 12.4. The minimum atomic E-state index is -0.249. The van der Waals surface area contributed by atoms with E-state index < -0.39 is 0 Å². The molecule has 1 aromatic rings. The number of ether oxygens (including phenoxy) is 1. The number of benzene rings is 1. The molecule has 0 bridgehead atoms. The first-order valence-corrected chi connectivity index (χ1v) is 9.71. The third-order valence-electron chi connectivity index (χ3n) is 4.79. The van der Waals surface area contributed by atoms with Crippen molar-refractivity contribution in [1.82, 2.24) is 15.5 Å². The van der Waals surface area contributed by atoms with Gasteiger partial charge in [0.2, 0.25) is 0 Å². The van der Waals surface area contributed by atoms with Crippen molar-refractivity contribution < 1.29 is 9.53 Å². The first kappa shape index (κ1) is 24.0. The first-order valence-electron chi connectivity index (χ1n) is 8.92. The van der Waals surface area contributed by atoms with Gasteiger partial charge in [-0.1, -0.05) is 48.0 Å². The van der Waals surface area contributed by atoms with E-state index in [0.29, 0.717) is 19.1 Å². The second kappa shape index (κ2) is 11.1. The van der Waals surface area contributed by atoms with Gasteiger partial charge in [0.05, 0.1) is 7.11 Å². The highest BCUT2D eigenvalue weighted by Crippen LogP contribution is 2.29. The highest BCUT2D eigenvalue weighted by Gasteiger charge is 2.26. The van der Waals surface area contributed by atoms with Crippen LogP contribution in [0.4, 0.5) is 4.79 Å². The number of hydrogen-bond donors (Lipinski definition) is 2. The van der Waals surface area contributed by atoms with E-state index in [4.69, 9.17) is 4.74 Å². The van der Waals surface area contributed by atoms with E-state index >= 15 is 0 Å². The van der Waals surface area contributed by atoms with Crippen molar-refractivity contribution in [3.05, 3.63) is 34.3 Å². The van der Waals surface area contributed by atoms with E-state index in [1.54, 1.807) is 11.9 Å². The van der Waals surface area contributed by atoms with E-state index in [0.717, 1.165) is 29.8 Å². The number of likely N-dealkylation sites (tertiary alicyclic amines) is 1. The average Bonchev–Trinajstić information content (AvgIpc) is 2.65. The Kier molecular flexibility index (Phi) is 9.86. The van der Waals surface area contributed by atoms with Crippen molar-refractivity contribution in [2.45, 2.75) is 38.1 Å². The maximum atomic E-state index is 11.6. The lowest BCUT2D eigenvalue weighted by Gasteiger charge is -2.33. The fraction of sp³-hybridized carbons (Fsp3) is 0.579. The van der Waals surface area contributed by atoms with Gasteiger partial charge in [-0.25, -0.2) is 4.79 Å². The predicted octanol–water partition coefficient (Wildman–Crippen LogP) is 3.74. The van der Waals surface area contributed by atoms with Gasteiger partial charge in [-0.3, -0.25) is 4.99 Å². The number of nitrogens with one attached hydrogen (secondary N) is 2. The van der Waals surface area contributed by atoms with Crippen molar-refractivity contribution in [1.29, 1.82) is 0 Å². The maximum Gasteiger partial charge on any atom is 0.409 e. The highest BCUT2D eigenvalue weighted by atomic mass is 127. The van der Waals surface area contributed by atoms with Gasteiger partial charge in [0.25, 0.3) is 0 Å². The number of aliphatic imine (C=N–C) groups is 1. The minimum absolute atomic E-state index is 0. The normalized spacial score (nSPS) is 15.7. The third-order valence-corrected chi connectivity index (χ3v) is 5.48. The molecule has 8 heteroatoms. The van der Waals surface area contributed by atoms with Gasteiger partial charge in [-0.05, 0) is 24.5 Å². The van der Waals surface area contributed by atoms with Crippen LogP contribution in [0.2, 0.25) is 0 Å². The summed E-state index contributed by atoms with van der Waals surface area (Å²) in [6, 6.07) is 8.60. The van der Waals surface area contributed by atoms with Crippen molar-refractivity contribution in [3.63, 3.8) is 0 Å². The summed E-state index contributed by atoms with van der Waals surface area (Å²) in [5.74, 6) is 0.793. The quantitative estimate of drug-likeness (QED) is 0.339. The Balaban J connectivity index is 0.00000364. The second-order valence-electron chi connectivity index (χ2n) is 7.17. The van der Waals surface area contributed by atoms with Crippen molar-refractivity contribution in [3.8, 4) is 0 Å². The number of rotatable bonds is 4. The summed E-state index contributed by atoms with van der Waals surface area (Å²) in [6.45, 7) is 6.58. The monoisotopic (exact) mass is 552 g/mol. The molecule has 0 aromatic heterocycles. The number of amides is 1. The number of methoxy groups -OCH3 is 1. The fourth-order valence-electron chi connectivity index (χ4n) is 3.13. The molecule has 152 valence electrons. The van der Waals surface area contributed by atoms with Gasteiger partial charge in [-0.2, -0.15) is 0 Å². The molecule has 6 nitrogen and oxygen atoms in total. The zero-order chi connectivity index (χ0) is 19.2. The molecule has 2 rings (SSSR count). The summed E-state index contributed by atoms with van der Waals surface area (Å²) in [5.41, 5.74) is 1.21. The molecule has 0 unspecified atom stereocenters. The Morgan fingerprint density at radius 2 is 1.96 bits per heavy atom. The molecule has 0 saturated carbocycles. The van der Waals surface area contributed by atoms with Crippen LogP contribution in [0.25, 0.3) is 0 Å². The van der Waals surface area contributed by atoms with Crippen LogP contribution >= 0.6 is 39.9 Å². The molecule has 1 aliphatic rings. The Morgan fingerprint density at radius 1 is 1.33 bits per heavy atom. The van der Waals surface area contributed by atoms with E-state index in [2.05, 4.69) is 63.6 Å². The molecule has 1 aromatic carbocycles. The molecule has 0 aliphatic carbocycles. The Labute approximate surface area is 187 Å². The summed E-state index contributed by atoms with van der Waals surface area (Å²) in [5, 5.41) is 6.91. The SMILES string of the molecule is CN=C(NCC(C)(C)c1ccccc1Br)NC1CCN(C(=O)OC)CC1.I. The molecule has 1 saturated heterocycles. The van der Waals surface area contributed by atoms with Crippen LogP contribution in [0, 0.1) is 0 Å². The van der Waals surface area contributed by atoms with Crippen LogP contribution in [0.1, 0.15) is 32.3 Å². The molecule has 0 radical (unpaired) electrons. The highest BCUT2D eigenvalue weighted by molar-refractivity contribution is 14.0. The molecule has 1 fully saturated rings. The van der Waals surface area contributed by atoms with E-state index in [1.807, 2.05) is 6.07 Å². The molecule has 0 spiro atoms. The smallest absolute Gasteiger partial charge is 0.409 e. The summed E-state index contributed by atoms with van der Waals surface area (Å²) >= 11 is 3.64. The lowest BCUT2D eigenvalue weighted by Crippen LogP contribution is -2.51. The topological polar surface area (TPSA) is 66.0 Å². The minimum Gasteiger partial charge on any atom is -0.453 e. The summed E-state index contributed by atoms with van der Waals surface area (Å²) in [4.78, 5) is 17.7. The van der Waals surface area contributed by atoms with Gasteiger partial charge >= 0.3 is 6.09 Å². The maximum absolute atomic E-state index is 11.6. The number of hydrogen-bond acceptors (Lipinski definition) is 3. The van der Waals surface area contributed by atoms with Crippen LogP contribution < -0.4 is 10.6 Å². The number of carbonyl (C=O) groups is 1. The predicted molar refractivity (Wildman–Crippen MR) is 124 cm³/mol. The average molecular weight is 553 g/mol. The lowest BCUT2D eigenvalue weighted by molar-refractivity contribution is 0.111. The van der Waals surface area contributed by atoms with Crippen molar-refractivity contribution in [2.75, 3.05) is 33.8 Å². The van der Waals surface area contributed by atoms with E-state index in [1.165, 1.54) is 12.7 Å². The number of nitrogens with zero attached hydrogens (tertiary/aromatic N) is 2. The molecular formula is C19H30BrIN4O2. The van der Waals surface area contributed by atoms with Gasteiger partial charge in [-0.15, -0.1) is 24.0 Å². The molecule has 1 amide bonds. The summed E-state index contributed by atoms with van der Waals surface area (Å²) in [7, 11) is 3.20. The molecule has 1 heterocycles. The largest absolute Gasteiger partial charge is 0.453 e. The number of halogens is 2. The summed E-state index contributed by atoms with van der Waals surface area (Å²) < 4.78 is 5.90. The third kappa shape index (κ3) is 6.81. The van der Waals surface area contributed by atoms with E-state index in [-0.39, 0.29) is 35.5 Å². The zero-order valence-corrected chi connectivity index (χ0v) is 20.3. The molecule has 1 aliphatic heterocycles. The van der Waals surface area contributed by atoms with Gasteiger partial charge in [0, 0.05) is 42.6 Å². The molecule has 2 N–H and O–H groups in total. The fourth-order valence-corrected chi connectivity index (χ4v) is 3.95. The standard InChI is InChI=1S/C19H29BrN4O2.HI/c1-19(2,15-7-5-6-8-16(15)20)13-22-17(21-3)23-14-9-11-24(12-10-14)18(25)26-4;/h5-8,14H,9-13H2,1-4H3,(H2,21,22,23);1H. The van der Waals surface area contributed by atoms with Crippen LogP contribution in [0.15, 0.2) is 33.7 Å². The Hall–Kier alpha value is -1.03. The van der Waals surface area contributed by atoms with Crippen LogP contribution in [0.5, 0.6) is 0 Å². The van der Waals surface area contributed by atoms with Crippen molar-refractivity contribution >= 4 is 52.0 Å². The number of carbonyl (C=O) groups excluding carboxylic acids is 1. The van der Waals surface area contributed by atoms with E-state index in [9.17, 15) is 4.79 Å². The molecule has 27 heavy (non-hydrogen) atoms. The van der Waals surface area contributed by atoms with Crippen LogP contribution in [0.3, 0.4) is 0 Å². The number of guanidine groups is 1. The van der Waals surface area contributed by atoms with Gasteiger partial charge < -0.3 is 20.3 Å². The van der Waals surface area contributed by atoms with Crippen LogP contribution in [-0.2, 0) is 10.2 Å². The second-order valence-corrected chi connectivity index (χ2v) is 8.02. The van der Waals surface area contributed by atoms with Crippen LogP contribution in [-0.4, -0.2) is 56.8 Å². The lowest BCUT2D eigenvalue weighted by atomic mass is 9.84. The van der Waals surface area contributed by atoms with Gasteiger partial charge in [0.15, 0.2) is 5.96 Å². The number of piperidine rings is 1. The van der Waals surface area contributed by atoms with Crippen molar-refractivity contribution in [2.24, 2.45) is 4.99 Å². The summed E-state index contributed by atoms with van der Waals surface area (Å²) in [6.07, 6.45) is 1.51. The Bertz CT molecular complexity index is 646. The molecular weight excluding hydrogens is 523 g/mol. The van der Waals surface area contributed by atoms with Gasteiger partial charge in [0.1, 0.15) is 0 Å². The molecule has 0 atom stereocenters. The Morgan fingerprint density at radius 3 is 2.52 bits per heavy atom. The zero-order valence-electron chi connectivity index (χ0n) is 16.4.